The van der Waals surface area contributed by atoms with E-state index in [2.05, 4.69) is 34.0 Å². The molecule has 9 heteroatoms. The van der Waals surface area contributed by atoms with E-state index < -0.39 is 11.6 Å². The predicted octanol–water partition coefficient (Wildman–Crippen LogP) is 3.64. The number of piperazine rings is 1. The third-order valence-corrected chi connectivity index (χ3v) is 5.83. The van der Waals surface area contributed by atoms with Crippen molar-refractivity contribution in [2.75, 3.05) is 63.9 Å². The molecule has 0 aromatic heterocycles. The van der Waals surface area contributed by atoms with E-state index in [-0.39, 0.29) is 23.7 Å². The Labute approximate surface area is 192 Å². The molecule has 0 radical (unpaired) electrons. The second-order valence-corrected chi connectivity index (χ2v) is 7.94. The highest BCUT2D eigenvalue weighted by Gasteiger charge is 2.21. The summed E-state index contributed by atoms with van der Waals surface area (Å²) in [5, 5.41) is 0. The molecule has 0 amide bonds. The number of benzene rings is 2. The van der Waals surface area contributed by atoms with Crippen molar-refractivity contribution in [2.45, 2.75) is 6.61 Å². The Morgan fingerprint density at radius 1 is 0.909 bits per heavy atom. The topological polar surface area (TPSA) is 49.8 Å². The minimum absolute atomic E-state index is 0.111. The lowest BCUT2D eigenvalue weighted by atomic mass is 10.1. The molecule has 0 saturated carbocycles. The zero-order chi connectivity index (χ0) is 23.4. The summed E-state index contributed by atoms with van der Waals surface area (Å²) in [6.45, 7) is 4.20. The molecular formula is C24H28F2N4O3. The number of allylic oxidation sites excluding steroid dienone is 1. The first-order valence-corrected chi connectivity index (χ1v) is 10.7. The van der Waals surface area contributed by atoms with Gasteiger partial charge in [-0.3, -0.25) is 4.99 Å². The summed E-state index contributed by atoms with van der Waals surface area (Å²) >= 11 is 0. The molecule has 0 aliphatic carbocycles. The SMILES string of the molecule is COc1cc(OC)c(F)c(COC2=CN(c3ccc(N4CCN(C)CC4)cc3)CN=C2)c1F. The highest BCUT2D eigenvalue weighted by atomic mass is 19.1. The fourth-order valence-electron chi connectivity index (χ4n) is 3.82. The summed E-state index contributed by atoms with van der Waals surface area (Å²) in [4.78, 5) is 10.9. The van der Waals surface area contributed by atoms with Crippen LogP contribution in [0.2, 0.25) is 0 Å². The van der Waals surface area contributed by atoms with Gasteiger partial charge in [-0.2, -0.15) is 0 Å². The summed E-state index contributed by atoms with van der Waals surface area (Å²) < 4.78 is 44.8. The van der Waals surface area contributed by atoms with Crippen LogP contribution in [0.3, 0.4) is 0 Å². The fourth-order valence-corrected chi connectivity index (χ4v) is 3.82. The number of anilines is 2. The monoisotopic (exact) mass is 458 g/mol. The van der Waals surface area contributed by atoms with Gasteiger partial charge in [0.1, 0.15) is 13.3 Å². The van der Waals surface area contributed by atoms with Crippen LogP contribution in [0.25, 0.3) is 0 Å². The molecule has 176 valence electrons. The van der Waals surface area contributed by atoms with Crippen molar-refractivity contribution in [1.82, 2.24) is 4.90 Å². The summed E-state index contributed by atoms with van der Waals surface area (Å²) in [5.41, 5.74) is 1.87. The lowest BCUT2D eigenvalue weighted by Crippen LogP contribution is -2.44. The van der Waals surface area contributed by atoms with Gasteiger partial charge in [0, 0.05) is 49.8 Å². The van der Waals surface area contributed by atoms with Crippen LogP contribution in [0.5, 0.6) is 11.5 Å². The quantitative estimate of drug-likeness (QED) is 0.632. The fraction of sp³-hybridized carbons (Fsp3) is 0.375. The summed E-state index contributed by atoms with van der Waals surface area (Å²) in [7, 11) is 4.75. The zero-order valence-corrected chi connectivity index (χ0v) is 19.1. The van der Waals surface area contributed by atoms with Crippen molar-refractivity contribution in [1.29, 1.82) is 0 Å². The predicted molar refractivity (Wildman–Crippen MR) is 124 cm³/mol. The van der Waals surface area contributed by atoms with Crippen LogP contribution in [-0.4, -0.2) is 65.2 Å². The largest absolute Gasteiger partial charge is 0.494 e. The summed E-state index contributed by atoms with van der Waals surface area (Å²) in [6.07, 6.45) is 3.31. The number of ether oxygens (including phenoxy) is 3. The number of methoxy groups -OCH3 is 2. The maximum atomic E-state index is 14.6. The van der Waals surface area contributed by atoms with Gasteiger partial charge in [0.05, 0.1) is 26.0 Å². The average Bonchev–Trinajstić information content (AvgIpc) is 2.85. The van der Waals surface area contributed by atoms with Crippen LogP contribution in [0.15, 0.2) is 47.3 Å². The molecule has 0 spiro atoms. The van der Waals surface area contributed by atoms with Gasteiger partial charge in [-0.15, -0.1) is 0 Å². The maximum Gasteiger partial charge on any atom is 0.174 e. The number of hydrogen-bond donors (Lipinski definition) is 0. The Balaban J connectivity index is 1.45. The van der Waals surface area contributed by atoms with Crippen LogP contribution in [0.4, 0.5) is 20.2 Å². The molecule has 2 heterocycles. The van der Waals surface area contributed by atoms with Crippen LogP contribution < -0.4 is 19.3 Å². The number of aliphatic imine (C=N–C) groups is 1. The minimum Gasteiger partial charge on any atom is -0.494 e. The lowest BCUT2D eigenvalue weighted by Gasteiger charge is -2.34. The van der Waals surface area contributed by atoms with Gasteiger partial charge in [-0.05, 0) is 31.3 Å². The molecule has 0 atom stereocenters. The third-order valence-electron chi connectivity index (χ3n) is 5.83. The van der Waals surface area contributed by atoms with Crippen molar-refractivity contribution in [3.63, 3.8) is 0 Å². The number of halogens is 2. The smallest absolute Gasteiger partial charge is 0.174 e. The van der Waals surface area contributed by atoms with Gasteiger partial charge in [0.25, 0.3) is 0 Å². The Hall–Kier alpha value is -3.33. The second kappa shape index (κ2) is 10.1. The third kappa shape index (κ3) is 5.03. The first kappa shape index (κ1) is 22.8. The number of rotatable bonds is 7. The molecule has 0 N–H and O–H groups in total. The van der Waals surface area contributed by atoms with Crippen LogP contribution in [0.1, 0.15) is 5.56 Å². The van der Waals surface area contributed by atoms with Crippen LogP contribution >= 0.6 is 0 Å². The van der Waals surface area contributed by atoms with Gasteiger partial charge in [0.15, 0.2) is 28.9 Å². The van der Waals surface area contributed by atoms with Crippen LogP contribution in [-0.2, 0) is 11.3 Å². The molecule has 4 rings (SSSR count). The second-order valence-electron chi connectivity index (χ2n) is 7.94. The lowest BCUT2D eigenvalue weighted by molar-refractivity contribution is 0.206. The Morgan fingerprint density at radius 3 is 2.12 bits per heavy atom. The Kier molecular flexibility index (Phi) is 6.98. The van der Waals surface area contributed by atoms with E-state index in [1.54, 1.807) is 12.4 Å². The highest BCUT2D eigenvalue weighted by Crippen LogP contribution is 2.32. The van der Waals surface area contributed by atoms with E-state index in [0.29, 0.717) is 12.4 Å². The molecule has 2 aliphatic rings. The Bertz CT molecular complexity index is 1010. The molecule has 2 aliphatic heterocycles. The van der Waals surface area contributed by atoms with Gasteiger partial charge in [0.2, 0.25) is 0 Å². The Morgan fingerprint density at radius 2 is 1.52 bits per heavy atom. The molecular weight excluding hydrogens is 430 g/mol. The maximum absolute atomic E-state index is 14.6. The van der Waals surface area contributed by atoms with Gasteiger partial charge in [-0.1, -0.05) is 0 Å². The number of hydrogen-bond acceptors (Lipinski definition) is 7. The molecule has 7 nitrogen and oxygen atoms in total. The van der Waals surface area contributed by atoms with Crippen molar-refractivity contribution in [2.24, 2.45) is 4.99 Å². The van der Waals surface area contributed by atoms with Gasteiger partial charge in [-0.25, -0.2) is 8.78 Å². The van der Waals surface area contributed by atoms with Gasteiger partial charge < -0.3 is 28.9 Å². The molecule has 0 bridgehead atoms. The van der Waals surface area contributed by atoms with E-state index in [0.717, 1.165) is 31.9 Å². The first-order chi connectivity index (χ1) is 16.0. The average molecular weight is 459 g/mol. The van der Waals surface area contributed by atoms with Crippen molar-refractivity contribution in [3.05, 3.63) is 59.5 Å². The molecule has 33 heavy (non-hydrogen) atoms. The van der Waals surface area contributed by atoms with E-state index in [1.807, 2.05) is 17.0 Å². The summed E-state index contributed by atoms with van der Waals surface area (Å²) in [5.74, 6) is -1.47. The first-order valence-electron chi connectivity index (χ1n) is 10.7. The number of likely N-dealkylation sites (N-methyl/N-ethyl adjacent to an activating group) is 1. The number of nitrogens with zero attached hydrogens (tertiary/aromatic N) is 4. The van der Waals surface area contributed by atoms with E-state index >= 15 is 0 Å². The van der Waals surface area contributed by atoms with Crippen molar-refractivity contribution < 1.29 is 23.0 Å². The van der Waals surface area contributed by atoms with Crippen LogP contribution in [0, 0.1) is 11.6 Å². The van der Waals surface area contributed by atoms with E-state index in [1.165, 1.54) is 26.0 Å². The standard InChI is InChI=1S/C24H28F2N4O3/c1-28-8-10-29(11-9-28)17-4-6-18(7-5-17)30-14-19(13-27-16-30)33-15-20-23(25)21(31-2)12-22(32-3)24(20)26/h4-7,12-14H,8-11,15-16H2,1-3H3. The molecule has 0 unspecified atom stereocenters. The van der Waals surface area contributed by atoms with E-state index in [4.69, 9.17) is 14.2 Å². The molecule has 2 aromatic carbocycles. The van der Waals surface area contributed by atoms with Crippen molar-refractivity contribution >= 4 is 17.6 Å². The molecule has 1 fully saturated rings. The van der Waals surface area contributed by atoms with Crippen molar-refractivity contribution in [3.8, 4) is 11.5 Å². The normalized spacial score (nSPS) is 16.6. The highest BCUT2D eigenvalue weighted by molar-refractivity contribution is 5.78. The van der Waals surface area contributed by atoms with Gasteiger partial charge >= 0.3 is 0 Å². The molecule has 2 aromatic rings. The zero-order valence-electron chi connectivity index (χ0n) is 19.1. The van der Waals surface area contributed by atoms with E-state index in [9.17, 15) is 8.78 Å². The summed E-state index contributed by atoms with van der Waals surface area (Å²) in [6, 6.07) is 9.44. The minimum atomic E-state index is -0.819. The molecule has 1 saturated heterocycles.